The smallest absolute Gasteiger partial charge is 0.252 e. The number of benzene rings is 4. The average Bonchev–Trinajstić information content (AvgIpc) is 3.29. The van der Waals surface area contributed by atoms with E-state index in [1.54, 1.807) is 11.8 Å². The summed E-state index contributed by atoms with van der Waals surface area (Å²) in [6.07, 6.45) is 0. The molecule has 0 saturated carbocycles. The molecule has 0 bridgehead atoms. The van der Waals surface area contributed by atoms with Gasteiger partial charge in [0.25, 0.3) is 5.91 Å². The second kappa shape index (κ2) is 11.2. The number of carbonyl (C=O) groups is 2. The van der Waals surface area contributed by atoms with Gasteiger partial charge in [-0.15, -0.1) is 11.8 Å². The predicted octanol–water partition coefficient (Wildman–Crippen LogP) is 6.94. The average molecular weight is 527 g/mol. The molecule has 1 N–H and O–H groups in total. The Morgan fingerprint density at radius 1 is 0.946 bits per heavy atom. The lowest BCUT2D eigenvalue weighted by Crippen LogP contribution is -2.30. The number of rotatable bonds is 7. The molecular formula is C31H27ClN2O2S. The highest BCUT2D eigenvalue weighted by molar-refractivity contribution is 8.00. The summed E-state index contributed by atoms with van der Waals surface area (Å²) >= 11 is 7.62. The zero-order valence-electron chi connectivity index (χ0n) is 20.4. The van der Waals surface area contributed by atoms with E-state index in [0.29, 0.717) is 22.9 Å². The van der Waals surface area contributed by atoms with Crippen molar-refractivity contribution in [1.29, 1.82) is 0 Å². The fourth-order valence-corrected chi connectivity index (χ4v) is 5.91. The van der Waals surface area contributed by atoms with Crippen LogP contribution in [-0.2, 0) is 11.3 Å². The summed E-state index contributed by atoms with van der Waals surface area (Å²) in [5, 5.41) is 3.81. The molecule has 2 atom stereocenters. The maximum absolute atomic E-state index is 13.3. The van der Waals surface area contributed by atoms with Crippen molar-refractivity contribution in [2.75, 3.05) is 5.75 Å². The molecule has 0 unspecified atom stereocenters. The van der Waals surface area contributed by atoms with E-state index in [-0.39, 0.29) is 23.2 Å². The number of hydrogen-bond donors (Lipinski definition) is 1. The van der Waals surface area contributed by atoms with Crippen molar-refractivity contribution in [1.82, 2.24) is 10.2 Å². The predicted molar refractivity (Wildman–Crippen MR) is 151 cm³/mol. The van der Waals surface area contributed by atoms with Crippen LogP contribution in [0.5, 0.6) is 0 Å². The van der Waals surface area contributed by atoms with Crippen molar-refractivity contribution >= 4 is 35.2 Å². The van der Waals surface area contributed by atoms with E-state index in [4.69, 9.17) is 11.6 Å². The van der Waals surface area contributed by atoms with Gasteiger partial charge in [-0.1, -0.05) is 90.5 Å². The van der Waals surface area contributed by atoms with E-state index in [1.165, 1.54) is 0 Å². The molecule has 1 aliphatic rings. The SMILES string of the molecule is Cc1ccccc1[C@@H](NC(=O)c1ccc([C@H]2SCC(=O)N2Cc2ccc(Cl)cc2)cc1)c1ccccc1. The molecule has 1 saturated heterocycles. The third kappa shape index (κ3) is 5.74. The minimum absolute atomic E-state index is 0.0932. The minimum atomic E-state index is -0.257. The number of nitrogens with one attached hydrogen (secondary N) is 1. The molecule has 0 spiro atoms. The summed E-state index contributed by atoms with van der Waals surface area (Å²) < 4.78 is 0. The molecular weight excluding hydrogens is 500 g/mol. The van der Waals surface area contributed by atoms with Crippen LogP contribution >= 0.6 is 23.4 Å². The first kappa shape index (κ1) is 25.1. The third-order valence-electron chi connectivity index (χ3n) is 6.60. The summed E-state index contributed by atoms with van der Waals surface area (Å²) in [5.41, 5.74) is 5.83. The normalized spacial score (nSPS) is 16.0. The Kier molecular flexibility index (Phi) is 7.63. The summed E-state index contributed by atoms with van der Waals surface area (Å²) in [6.45, 7) is 2.58. The number of thioether (sulfide) groups is 1. The maximum atomic E-state index is 13.3. The van der Waals surface area contributed by atoms with Gasteiger partial charge in [0.15, 0.2) is 0 Å². The molecule has 4 nitrogen and oxygen atoms in total. The summed E-state index contributed by atoms with van der Waals surface area (Å²) in [4.78, 5) is 27.9. The molecule has 186 valence electrons. The Bertz CT molecular complexity index is 1390. The van der Waals surface area contributed by atoms with Crippen molar-refractivity contribution in [3.63, 3.8) is 0 Å². The Morgan fingerprint density at radius 2 is 1.62 bits per heavy atom. The van der Waals surface area contributed by atoms with Crippen molar-refractivity contribution in [3.8, 4) is 0 Å². The third-order valence-corrected chi connectivity index (χ3v) is 8.11. The van der Waals surface area contributed by atoms with E-state index in [2.05, 4.69) is 24.4 Å². The van der Waals surface area contributed by atoms with E-state index in [9.17, 15) is 9.59 Å². The summed E-state index contributed by atoms with van der Waals surface area (Å²) in [7, 11) is 0. The van der Waals surface area contributed by atoms with Gasteiger partial charge in [0.1, 0.15) is 5.37 Å². The minimum Gasteiger partial charge on any atom is -0.341 e. The zero-order valence-corrected chi connectivity index (χ0v) is 22.0. The molecule has 6 heteroatoms. The molecule has 0 aliphatic carbocycles. The van der Waals surface area contributed by atoms with Gasteiger partial charge in [-0.2, -0.15) is 0 Å². The number of nitrogens with zero attached hydrogens (tertiary/aromatic N) is 1. The molecule has 2 amide bonds. The topological polar surface area (TPSA) is 49.4 Å². The first-order chi connectivity index (χ1) is 18.0. The number of hydrogen-bond acceptors (Lipinski definition) is 3. The second-order valence-corrected chi connectivity index (χ2v) is 10.6. The highest BCUT2D eigenvalue weighted by atomic mass is 35.5. The Balaban J connectivity index is 1.34. The van der Waals surface area contributed by atoms with Crippen LogP contribution in [0.4, 0.5) is 0 Å². The van der Waals surface area contributed by atoms with Gasteiger partial charge in [-0.3, -0.25) is 9.59 Å². The van der Waals surface area contributed by atoms with E-state index >= 15 is 0 Å². The number of aryl methyl sites for hydroxylation is 1. The zero-order chi connectivity index (χ0) is 25.8. The molecule has 37 heavy (non-hydrogen) atoms. The number of amides is 2. The lowest BCUT2D eigenvalue weighted by Gasteiger charge is -2.25. The molecule has 1 heterocycles. The van der Waals surface area contributed by atoms with Gasteiger partial charge in [-0.05, 0) is 59.0 Å². The van der Waals surface area contributed by atoms with Gasteiger partial charge >= 0.3 is 0 Å². The Labute approximate surface area is 226 Å². The maximum Gasteiger partial charge on any atom is 0.252 e. The number of halogens is 1. The summed E-state index contributed by atoms with van der Waals surface area (Å²) in [5.74, 6) is 0.405. The fourth-order valence-electron chi connectivity index (χ4n) is 4.60. The molecule has 0 radical (unpaired) electrons. The van der Waals surface area contributed by atoms with Crippen LogP contribution in [-0.4, -0.2) is 22.5 Å². The summed E-state index contributed by atoms with van der Waals surface area (Å²) in [6, 6.07) is 33.0. The molecule has 1 fully saturated rings. The van der Waals surface area contributed by atoms with E-state index in [0.717, 1.165) is 27.8 Å². The van der Waals surface area contributed by atoms with Gasteiger partial charge < -0.3 is 10.2 Å². The first-order valence-corrected chi connectivity index (χ1v) is 13.6. The van der Waals surface area contributed by atoms with Crippen molar-refractivity contribution < 1.29 is 9.59 Å². The van der Waals surface area contributed by atoms with Crippen LogP contribution in [0, 0.1) is 6.92 Å². The molecule has 5 rings (SSSR count). The van der Waals surface area contributed by atoms with Crippen LogP contribution in [0.25, 0.3) is 0 Å². The van der Waals surface area contributed by atoms with Gasteiger partial charge in [0.05, 0.1) is 11.8 Å². The Morgan fingerprint density at radius 3 is 2.32 bits per heavy atom. The molecule has 4 aromatic carbocycles. The number of carbonyl (C=O) groups excluding carboxylic acids is 2. The fraction of sp³-hybridized carbons (Fsp3) is 0.161. The molecule has 4 aromatic rings. The molecule has 0 aromatic heterocycles. The van der Waals surface area contributed by atoms with Gasteiger partial charge in [0, 0.05) is 17.1 Å². The van der Waals surface area contributed by atoms with Crippen LogP contribution in [0.2, 0.25) is 5.02 Å². The van der Waals surface area contributed by atoms with Crippen molar-refractivity contribution in [2.24, 2.45) is 0 Å². The van der Waals surface area contributed by atoms with Crippen molar-refractivity contribution in [3.05, 3.63) is 142 Å². The van der Waals surface area contributed by atoms with Gasteiger partial charge in [0.2, 0.25) is 5.91 Å². The molecule has 1 aliphatic heterocycles. The lowest BCUT2D eigenvalue weighted by atomic mass is 9.94. The van der Waals surface area contributed by atoms with Crippen LogP contribution in [0.1, 0.15) is 49.6 Å². The van der Waals surface area contributed by atoms with Crippen molar-refractivity contribution in [2.45, 2.75) is 24.9 Å². The first-order valence-electron chi connectivity index (χ1n) is 12.2. The van der Waals surface area contributed by atoms with E-state index < -0.39 is 0 Å². The van der Waals surface area contributed by atoms with Crippen LogP contribution in [0.15, 0.2) is 103 Å². The monoisotopic (exact) mass is 526 g/mol. The quantitative estimate of drug-likeness (QED) is 0.284. The largest absolute Gasteiger partial charge is 0.341 e. The van der Waals surface area contributed by atoms with Crippen LogP contribution in [0.3, 0.4) is 0 Å². The standard InChI is InChI=1S/C31H27ClN2O2S/c1-21-7-5-6-10-27(21)29(23-8-3-2-4-9-23)33-30(36)24-13-15-25(16-14-24)31-34(28(35)20-37-31)19-22-11-17-26(32)18-12-22/h2-18,29,31H,19-20H2,1H3,(H,33,36)/t29-,31+/m0/s1. The lowest BCUT2D eigenvalue weighted by molar-refractivity contribution is -0.128. The Hall–Kier alpha value is -3.54. The highest BCUT2D eigenvalue weighted by Gasteiger charge is 2.33. The highest BCUT2D eigenvalue weighted by Crippen LogP contribution is 2.39. The second-order valence-electron chi connectivity index (χ2n) is 9.11. The van der Waals surface area contributed by atoms with Crippen LogP contribution < -0.4 is 5.32 Å². The van der Waals surface area contributed by atoms with Gasteiger partial charge in [-0.25, -0.2) is 0 Å². The van der Waals surface area contributed by atoms with E-state index in [1.807, 2.05) is 95.9 Å².